The molecule has 0 aromatic rings. The first kappa shape index (κ1) is 15.4. The van der Waals surface area contributed by atoms with Crippen molar-refractivity contribution in [3.63, 3.8) is 0 Å². The molecule has 0 fully saturated rings. The van der Waals surface area contributed by atoms with E-state index in [1.165, 1.54) is 12.8 Å². The van der Waals surface area contributed by atoms with Gasteiger partial charge >= 0.3 is 8.80 Å². The third kappa shape index (κ3) is 5.92. The van der Waals surface area contributed by atoms with Crippen LogP contribution in [-0.2, 0) is 13.3 Å². The summed E-state index contributed by atoms with van der Waals surface area (Å²) in [4.78, 5) is 0. The van der Waals surface area contributed by atoms with E-state index in [4.69, 9.17) is 13.3 Å². The van der Waals surface area contributed by atoms with E-state index in [0.29, 0.717) is 5.25 Å². The largest absolute Gasteiger partial charge is 0.500 e. The zero-order chi connectivity index (χ0) is 11.7. The molecule has 1 unspecified atom stereocenters. The van der Waals surface area contributed by atoms with E-state index in [1.54, 1.807) is 21.3 Å². The number of unbranched alkanes of at least 4 members (excludes halogenated alkanes) is 1. The van der Waals surface area contributed by atoms with Crippen molar-refractivity contribution >= 4 is 21.4 Å². The fourth-order valence-corrected chi connectivity index (χ4v) is 3.85. The van der Waals surface area contributed by atoms with Gasteiger partial charge in [0.05, 0.1) is 0 Å². The standard InChI is InChI=1S/C10H24O3SSi/c1-5-6-7-10(14)8-9-15(11-2,12-3)13-4/h10,14H,5-9H2,1-4H3. The van der Waals surface area contributed by atoms with Gasteiger partial charge in [-0.1, -0.05) is 19.8 Å². The van der Waals surface area contributed by atoms with Crippen LogP contribution in [0.5, 0.6) is 0 Å². The summed E-state index contributed by atoms with van der Waals surface area (Å²) in [6.45, 7) is 2.19. The smallest absolute Gasteiger partial charge is 0.377 e. The Labute approximate surface area is 100 Å². The maximum Gasteiger partial charge on any atom is 0.500 e. The Morgan fingerprint density at radius 3 is 2.00 bits per heavy atom. The lowest BCUT2D eigenvalue weighted by Crippen LogP contribution is -2.43. The van der Waals surface area contributed by atoms with E-state index in [-0.39, 0.29) is 0 Å². The topological polar surface area (TPSA) is 27.7 Å². The van der Waals surface area contributed by atoms with Crippen molar-refractivity contribution in [3.05, 3.63) is 0 Å². The fourth-order valence-electron chi connectivity index (χ4n) is 1.48. The third-order valence-electron chi connectivity index (χ3n) is 2.61. The zero-order valence-corrected chi connectivity index (χ0v) is 12.2. The number of hydrogen-bond acceptors (Lipinski definition) is 4. The second-order valence-electron chi connectivity index (χ2n) is 3.63. The third-order valence-corrected chi connectivity index (χ3v) is 5.89. The number of hydrogen-bond donors (Lipinski definition) is 1. The van der Waals surface area contributed by atoms with Gasteiger partial charge in [0.15, 0.2) is 0 Å². The maximum absolute atomic E-state index is 5.35. The van der Waals surface area contributed by atoms with E-state index >= 15 is 0 Å². The first-order chi connectivity index (χ1) is 7.14. The van der Waals surface area contributed by atoms with Gasteiger partial charge in [-0.25, -0.2) is 0 Å². The van der Waals surface area contributed by atoms with Crippen molar-refractivity contribution < 1.29 is 13.3 Å². The minimum Gasteiger partial charge on any atom is -0.377 e. The molecule has 0 aliphatic carbocycles. The predicted molar refractivity (Wildman–Crippen MR) is 68.5 cm³/mol. The quantitative estimate of drug-likeness (QED) is 0.505. The minimum absolute atomic E-state index is 0.428. The van der Waals surface area contributed by atoms with Crippen LogP contribution in [0, 0.1) is 0 Å². The lowest BCUT2D eigenvalue weighted by Gasteiger charge is -2.25. The maximum atomic E-state index is 5.35. The van der Waals surface area contributed by atoms with Crippen molar-refractivity contribution in [3.8, 4) is 0 Å². The molecule has 0 aromatic carbocycles. The van der Waals surface area contributed by atoms with Gasteiger partial charge in [-0.3, -0.25) is 0 Å². The normalized spacial score (nSPS) is 14.2. The van der Waals surface area contributed by atoms with Crippen LogP contribution in [-0.4, -0.2) is 35.4 Å². The summed E-state index contributed by atoms with van der Waals surface area (Å²) in [5, 5.41) is 0.428. The highest BCUT2D eigenvalue weighted by Gasteiger charge is 2.37. The van der Waals surface area contributed by atoms with Crippen LogP contribution in [0.3, 0.4) is 0 Å². The van der Waals surface area contributed by atoms with Gasteiger partial charge in [0.25, 0.3) is 0 Å². The van der Waals surface area contributed by atoms with Crippen LogP contribution in [0.2, 0.25) is 6.04 Å². The summed E-state index contributed by atoms with van der Waals surface area (Å²) in [5.41, 5.74) is 0. The monoisotopic (exact) mass is 252 g/mol. The lowest BCUT2D eigenvalue weighted by atomic mass is 10.2. The fraction of sp³-hybridized carbons (Fsp3) is 1.00. The lowest BCUT2D eigenvalue weighted by molar-refractivity contribution is 0.123. The van der Waals surface area contributed by atoms with Crippen LogP contribution < -0.4 is 0 Å². The second kappa shape index (κ2) is 8.58. The predicted octanol–water partition coefficient (Wildman–Crippen LogP) is 2.74. The highest BCUT2D eigenvalue weighted by atomic mass is 32.1. The molecule has 0 aromatic heterocycles. The number of rotatable bonds is 9. The van der Waals surface area contributed by atoms with Gasteiger partial charge in [-0.05, 0) is 12.8 Å². The molecule has 0 heterocycles. The molecule has 0 saturated carbocycles. The van der Waals surface area contributed by atoms with Crippen molar-refractivity contribution in [1.82, 2.24) is 0 Å². The average molecular weight is 252 g/mol. The molecule has 0 aliphatic heterocycles. The summed E-state index contributed by atoms with van der Waals surface area (Å²) in [6.07, 6.45) is 4.60. The first-order valence-corrected chi connectivity index (χ1v) is 7.92. The first-order valence-electron chi connectivity index (χ1n) is 5.47. The molecule has 0 aliphatic rings. The molecule has 5 heteroatoms. The molecule has 15 heavy (non-hydrogen) atoms. The molecule has 0 saturated heterocycles. The van der Waals surface area contributed by atoms with Crippen LogP contribution >= 0.6 is 12.6 Å². The molecular weight excluding hydrogens is 228 g/mol. The molecule has 0 N–H and O–H groups in total. The van der Waals surface area contributed by atoms with Crippen molar-refractivity contribution in [2.45, 2.75) is 43.9 Å². The highest BCUT2D eigenvalue weighted by molar-refractivity contribution is 7.80. The zero-order valence-electron chi connectivity index (χ0n) is 10.3. The summed E-state index contributed by atoms with van der Waals surface area (Å²) in [7, 11) is 2.59. The summed E-state index contributed by atoms with van der Waals surface area (Å²) >= 11 is 4.55. The Morgan fingerprint density at radius 2 is 1.60 bits per heavy atom. The van der Waals surface area contributed by atoms with Crippen LogP contribution in [0.15, 0.2) is 0 Å². The minimum atomic E-state index is -2.37. The van der Waals surface area contributed by atoms with Crippen molar-refractivity contribution in [1.29, 1.82) is 0 Å². The average Bonchev–Trinajstić information content (AvgIpc) is 2.29. The summed E-state index contributed by atoms with van der Waals surface area (Å²) < 4.78 is 16.1. The molecule has 0 radical (unpaired) electrons. The van der Waals surface area contributed by atoms with Gasteiger partial charge in [0.2, 0.25) is 0 Å². The number of thiol groups is 1. The molecule has 0 spiro atoms. The highest BCUT2D eigenvalue weighted by Crippen LogP contribution is 2.21. The Kier molecular flexibility index (Phi) is 8.84. The van der Waals surface area contributed by atoms with E-state index in [1.807, 2.05) is 0 Å². The molecule has 0 amide bonds. The summed E-state index contributed by atoms with van der Waals surface area (Å²) in [5.74, 6) is 0. The Balaban J connectivity index is 3.88. The molecule has 3 nitrogen and oxygen atoms in total. The Bertz CT molecular complexity index is 145. The van der Waals surface area contributed by atoms with E-state index in [2.05, 4.69) is 19.6 Å². The van der Waals surface area contributed by atoms with Gasteiger partial charge in [-0.2, -0.15) is 12.6 Å². The van der Waals surface area contributed by atoms with Gasteiger partial charge in [0, 0.05) is 32.6 Å². The summed E-state index contributed by atoms with van der Waals surface area (Å²) in [6, 6.07) is 0.842. The van der Waals surface area contributed by atoms with Crippen molar-refractivity contribution in [2.75, 3.05) is 21.3 Å². The van der Waals surface area contributed by atoms with Gasteiger partial charge < -0.3 is 13.3 Å². The van der Waals surface area contributed by atoms with Crippen LogP contribution in [0.4, 0.5) is 0 Å². The van der Waals surface area contributed by atoms with E-state index in [9.17, 15) is 0 Å². The van der Waals surface area contributed by atoms with E-state index < -0.39 is 8.80 Å². The molecule has 1 atom stereocenters. The molecular formula is C10H24O3SSi. The molecule has 92 valence electrons. The van der Waals surface area contributed by atoms with E-state index in [0.717, 1.165) is 18.9 Å². The Hall–Kier alpha value is 0.447. The SMILES string of the molecule is CCCCC(S)CC[Si](OC)(OC)OC. The molecule has 0 bridgehead atoms. The van der Waals surface area contributed by atoms with Crippen LogP contribution in [0.25, 0.3) is 0 Å². The molecule has 0 rings (SSSR count). The van der Waals surface area contributed by atoms with Gasteiger partial charge in [0.1, 0.15) is 0 Å². The Morgan fingerprint density at radius 1 is 1.07 bits per heavy atom. The second-order valence-corrected chi connectivity index (χ2v) is 7.45. The van der Waals surface area contributed by atoms with Crippen molar-refractivity contribution in [2.24, 2.45) is 0 Å². The van der Waals surface area contributed by atoms with Crippen LogP contribution in [0.1, 0.15) is 32.6 Å². The van der Waals surface area contributed by atoms with Gasteiger partial charge in [-0.15, -0.1) is 0 Å².